The fourth-order valence-electron chi connectivity index (χ4n) is 3.35. The molecule has 6 heteroatoms. The van der Waals surface area contributed by atoms with Crippen LogP contribution in [0.25, 0.3) is 0 Å². The highest BCUT2D eigenvalue weighted by Gasteiger charge is 2.42. The number of cyclic esters (lactones) is 4. The van der Waals surface area contributed by atoms with Gasteiger partial charge in [0.05, 0.1) is 23.7 Å². The summed E-state index contributed by atoms with van der Waals surface area (Å²) in [5.74, 6) is -3.97. The van der Waals surface area contributed by atoms with Crippen LogP contribution in [0.2, 0.25) is 0 Å². The second kappa shape index (κ2) is 5.00. The lowest BCUT2D eigenvalue weighted by Gasteiger charge is -2.18. The second-order valence-electron chi connectivity index (χ2n) is 5.89. The molecule has 20 heavy (non-hydrogen) atoms. The average Bonchev–Trinajstić information content (AvgIpc) is 2.63. The number of carbonyl (C=O) groups is 4. The van der Waals surface area contributed by atoms with Crippen LogP contribution in [0.15, 0.2) is 0 Å². The third-order valence-electron chi connectivity index (χ3n) is 4.60. The second-order valence-corrected chi connectivity index (χ2v) is 5.89. The lowest BCUT2D eigenvalue weighted by atomic mass is 9.81. The van der Waals surface area contributed by atoms with Crippen molar-refractivity contribution in [1.29, 1.82) is 0 Å². The van der Waals surface area contributed by atoms with Crippen LogP contribution in [0.3, 0.4) is 0 Å². The molecule has 0 spiro atoms. The van der Waals surface area contributed by atoms with Gasteiger partial charge in [0.15, 0.2) is 0 Å². The Morgan fingerprint density at radius 3 is 1.05 bits per heavy atom. The molecule has 2 aliphatic heterocycles. The maximum absolute atomic E-state index is 11.9. The summed E-state index contributed by atoms with van der Waals surface area (Å²) >= 11 is 0. The molecule has 0 amide bonds. The number of carbonyl (C=O) groups excluding carboxylic acids is 4. The van der Waals surface area contributed by atoms with Crippen molar-refractivity contribution in [1.82, 2.24) is 0 Å². The smallest absolute Gasteiger partial charge is 0.316 e. The first-order valence-corrected chi connectivity index (χ1v) is 7.05. The van der Waals surface area contributed by atoms with E-state index >= 15 is 0 Å². The van der Waals surface area contributed by atoms with E-state index in [2.05, 4.69) is 0 Å². The molecule has 4 unspecified atom stereocenters. The monoisotopic (exact) mass is 280 g/mol. The normalized spacial score (nSPS) is 38.0. The zero-order chi connectivity index (χ0) is 14.3. The van der Waals surface area contributed by atoms with E-state index in [1.54, 1.807) is 0 Å². The maximum atomic E-state index is 11.9. The molecule has 0 aromatic rings. The van der Waals surface area contributed by atoms with E-state index in [4.69, 9.17) is 9.47 Å². The number of rotatable bonds is 0. The van der Waals surface area contributed by atoms with E-state index in [1.165, 1.54) is 0 Å². The van der Waals surface area contributed by atoms with Gasteiger partial charge in [-0.1, -0.05) is 0 Å². The molecule has 1 aliphatic carbocycles. The largest absolute Gasteiger partial charge is 0.393 e. The van der Waals surface area contributed by atoms with Crippen LogP contribution in [-0.2, 0) is 28.7 Å². The SMILES string of the molecule is O=C1OC(=O)C2CCC1CC1CCC(C2)C(=O)OC1=O. The molecule has 0 radical (unpaired) electrons. The molecule has 0 N–H and O–H groups in total. The summed E-state index contributed by atoms with van der Waals surface area (Å²) < 4.78 is 9.73. The lowest BCUT2D eigenvalue weighted by Crippen LogP contribution is -2.28. The fourth-order valence-corrected chi connectivity index (χ4v) is 3.35. The topological polar surface area (TPSA) is 86.7 Å². The summed E-state index contributed by atoms with van der Waals surface area (Å²) in [5.41, 5.74) is 0. The summed E-state index contributed by atoms with van der Waals surface area (Å²) in [5, 5.41) is 0. The molecular weight excluding hydrogens is 264 g/mol. The highest BCUT2D eigenvalue weighted by atomic mass is 16.6. The Balaban J connectivity index is 1.95. The molecule has 3 rings (SSSR count). The van der Waals surface area contributed by atoms with Gasteiger partial charge >= 0.3 is 23.9 Å². The summed E-state index contributed by atoms with van der Waals surface area (Å²) in [6.45, 7) is 0. The van der Waals surface area contributed by atoms with Crippen molar-refractivity contribution in [3.8, 4) is 0 Å². The molecule has 1 saturated carbocycles. The van der Waals surface area contributed by atoms with Crippen molar-refractivity contribution in [2.45, 2.75) is 38.5 Å². The first-order chi connectivity index (χ1) is 9.54. The van der Waals surface area contributed by atoms with Gasteiger partial charge in [0.25, 0.3) is 0 Å². The minimum absolute atomic E-state index is 0.303. The Kier molecular flexibility index (Phi) is 3.31. The summed E-state index contributed by atoms with van der Waals surface area (Å²) in [4.78, 5) is 47.5. The van der Waals surface area contributed by atoms with Gasteiger partial charge in [0.2, 0.25) is 0 Å². The highest BCUT2D eigenvalue weighted by Crippen LogP contribution is 2.37. The van der Waals surface area contributed by atoms with Gasteiger partial charge in [-0.25, -0.2) is 0 Å². The van der Waals surface area contributed by atoms with Gasteiger partial charge in [-0.2, -0.15) is 0 Å². The number of hydrogen-bond donors (Lipinski definition) is 0. The fraction of sp³-hybridized carbons (Fsp3) is 0.714. The average molecular weight is 280 g/mol. The Bertz CT molecular complexity index is 398. The zero-order valence-electron chi connectivity index (χ0n) is 11.0. The minimum atomic E-state index is -0.541. The lowest BCUT2D eigenvalue weighted by molar-refractivity contribution is -0.166. The third-order valence-corrected chi connectivity index (χ3v) is 4.60. The minimum Gasteiger partial charge on any atom is -0.393 e. The molecule has 3 aliphatic rings. The molecular formula is C14H16O6. The van der Waals surface area contributed by atoms with Crippen LogP contribution in [-0.4, -0.2) is 23.9 Å². The van der Waals surface area contributed by atoms with Crippen molar-refractivity contribution in [3.05, 3.63) is 0 Å². The van der Waals surface area contributed by atoms with Crippen LogP contribution in [0.1, 0.15) is 38.5 Å². The summed E-state index contributed by atoms with van der Waals surface area (Å²) in [6, 6.07) is 0. The van der Waals surface area contributed by atoms with E-state index in [-0.39, 0.29) is 0 Å². The number of hydrogen-bond acceptors (Lipinski definition) is 6. The van der Waals surface area contributed by atoms with Crippen LogP contribution >= 0.6 is 0 Å². The highest BCUT2D eigenvalue weighted by molar-refractivity contribution is 5.92. The molecule has 4 atom stereocenters. The maximum Gasteiger partial charge on any atom is 0.316 e. The van der Waals surface area contributed by atoms with Crippen molar-refractivity contribution in [2.24, 2.45) is 23.7 Å². The molecule has 0 aromatic carbocycles. The molecule has 0 aromatic heterocycles. The number of fused-ring (bicyclic) bond motifs is 6. The zero-order valence-corrected chi connectivity index (χ0v) is 11.0. The molecule has 3 fully saturated rings. The first-order valence-electron chi connectivity index (χ1n) is 7.05. The Labute approximate surface area is 115 Å². The van der Waals surface area contributed by atoms with Gasteiger partial charge in [0.1, 0.15) is 0 Å². The summed E-state index contributed by atoms with van der Waals surface area (Å²) in [7, 11) is 0. The van der Waals surface area contributed by atoms with Gasteiger partial charge in [-0.05, 0) is 38.5 Å². The van der Waals surface area contributed by atoms with Crippen molar-refractivity contribution in [2.75, 3.05) is 0 Å². The molecule has 2 heterocycles. The van der Waals surface area contributed by atoms with E-state index in [0.717, 1.165) is 0 Å². The van der Waals surface area contributed by atoms with Gasteiger partial charge in [-0.15, -0.1) is 0 Å². The van der Waals surface area contributed by atoms with Crippen molar-refractivity contribution >= 4 is 23.9 Å². The number of esters is 4. The van der Waals surface area contributed by atoms with Crippen LogP contribution in [0.5, 0.6) is 0 Å². The van der Waals surface area contributed by atoms with E-state index in [0.29, 0.717) is 38.5 Å². The Morgan fingerprint density at radius 2 is 0.800 bits per heavy atom. The predicted molar refractivity (Wildman–Crippen MR) is 63.9 cm³/mol. The van der Waals surface area contributed by atoms with E-state index < -0.39 is 47.5 Å². The predicted octanol–water partition coefficient (Wildman–Crippen LogP) is 0.972. The van der Waals surface area contributed by atoms with Crippen molar-refractivity contribution < 1.29 is 28.7 Å². The van der Waals surface area contributed by atoms with Crippen molar-refractivity contribution in [3.63, 3.8) is 0 Å². The van der Waals surface area contributed by atoms with E-state index in [9.17, 15) is 19.2 Å². The van der Waals surface area contributed by atoms with Crippen LogP contribution in [0, 0.1) is 23.7 Å². The first kappa shape index (κ1) is 13.3. The van der Waals surface area contributed by atoms with Gasteiger partial charge < -0.3 is 9.47 Å². The standard InChI is InChI=1S/C14H16O6/c15-11-7-1-2-8(12(16)19-11)6-10-4-3-9(5-7)13(17)20-14(10)18/h7-10H,1-6H2. The number of ether oxygens (including phenoxy) is 2. The van der Waals surface area contributed by atoms with E-state index in [1.807, 2.05) is 0 Å². The summed E-state index contributed by atoms with van der Waals surface area (Å²) in [6.07, 6.45) is 2.72. The van der Waals surface area contributed by atoms with Crippen LogP contribution in [0.4, 0.5) is 0 Å². The third kappa shape index (κ3) is 2.34. The van der Waals surface area contributed by atoms with Crippen LogP contribution < -0.4 is 0 Å². The van der Waals surface area contributed by atoms with Gasteiger partial charge in [-0.3, -0.25) is 19.2 Å². The Morgan fingerprint density at radius 1 is 0.550 bits per heavy atom. The molecule has 2 saturated heterocycles. The quantitative estimate of drug-likeness (QED) is 0.485. The molecule has 6 nitrogen and oxygen atoms in total. The Hall–Kier alpha value is -1.72. The molecule has 108 valence electrons. The molecule has 4 bridgehead atoms. The van der Waals surface area contributed by atoms with Gasteiger partial charge in [0, 0.05) is 0 Å².